The standard InChI is InChI=1S/C5H6Cl2O4.C4H4Cl2O3/c6-1-4(8)10-3-11-5(9)2-7;5-1-3(7)9-4(8)2-6/h1-3H2;1-2H2. The van der Waals surface area contributed by atoms with Crippen LogP contribution in [0.25, 0.3) is 0 Å². The first-order valence-electron chi connectivity index (χ1n) is 4.69. The van der Waals surface area contributed by atoms with Gasteiger partial charge < -0.3 is 14.2 Å². The molecule has 0 heterocycles. The van der Waals surface area contributed by atoms with E-state index in [1.54, 1.807) is 0 Å². The molecule has 0 aliphatic carbocycles. The van der Waals surface area contributed by atoms with E-state index in [9.17, 15) is 19.2 Å². The maximum absolute atomic E-state index is 10.3. The van der Waals surface area contributed by atoms with Gasteiger partial charge in [-0.15, -0.1) is 46.4 Å². The van der Waals surface area contributed by atoms with Gasteiger partial charge in [0.2, 0.25) is 6.79 Å². The zero-order valence-corrected chi connectivity index (χ0v) is 12.9. The summed E-state index contributed by atoms with van der Waals surface area (Å²) in [7, 11) is 0. The molecule has 20 heavy (non-hydrogen) atoms. The summed E-state index contributed by atoms with van der Waals surface area (Å²) in [4.78, 5) is 40.9. The first-order valence-corrected chi connectivity index (χ1v) is 6.83. The molecule has 0 fully saturated rings. The van der Waals surface area contributed by atoms with Crippen molar-refractivity contribution in [2.45, 2.75) is 0 Å². The van der Waals surface area contributed by atoms with E-state index >= 15 is 0 Å². The predicted molar refractivity (Wildman–Crippen MR) is 71.0 cm³/mol. The lowest BCUT2D eigenvalue weighted by Gasteiger charge is -2.01. The van der Waals surface area contributed by atoms with Gasteiger partial charge in [0.15, 0.2) is 0 Å². The van der Waals surface area contributed by atoms with Crippen LogP contribution in [-0.4, -0.2) is 54.2 Å². The van der Waals surface area contributed by atoms with Crippen LogP contribution in [0.4, 0.5) is 0 Å². The van der Waals surface area contributed by atoms with Gasteiger partial charge in [-0.3, -0.25) is 19.2 Å². The number of esters is 4. The second kappa shape index (κ2) is 14.6. The van der Waals surface area contributed by atoms with Crippen molar-refractivity contribution in [3.63, 3.8) is 0 Å². The smallest absolute Gasteiger partial charge is 0.328 e. The Balaban J connectivity index is 0. The number of rotatable bonds is 6. The van der Waals surface area contributed by atoms with E-state index < -0.39 is 30.7 Å². The third-order valence-corrected chi connectivity index (χ3v) is 1.98. The fraction of sp³-hybridized carbons (Fsp3) is 0.556. The van der Waals surface area contributed by atoms with Gasteiger partial charge in [-0.2, -0.15) is 0 Å². The summed E-state index contributed by atoms with van der Waals surface area (Å²) in [6, 6.07) is 0. The first-order chi connectivity index (χ1) is 9.40. The molecule has 0 atom stereocenters. The molecule has 0 N–H and O–H groups in total. The second-order valence-electron chi connectivity index (χ2n) is 2.53. The fourth-order valence-corrected chi connectivity index (χ4v) is 0.683. The average Bonchev–Trinajstić information content (AvgIpc) is 2.46. The molecule has 0 rings (SSSR count). The van der Waals surface area contributed by atoms with Crippen LogP contribution in [0.5, 0.6) is 0 Å². The van der Waals surface area contributed by atoms with Gasteiger partial charge in [-0.25, -0.2) is 0 Å². The molecule has 0 aliphatic rings. The van der Waals surface area contributed by atoms with Crippen molar-refractivity contribution in [3.8, 4) is 0 Å². The summed E-state index contributed by atoms with van der Waals surface area (Å²) in [5, 5.41) is 0. The maximum atomic E-state index is 10.3. The number of carbonyl (C=O) groups is 4. The lowest BCUT2D eigenvalue weighted by Crippen LogP contribution is -2.13. The van der Waals surface area contributed by atoms with Gasteiger partial charge in [-0.05, 0) is 0 Å². The van der Waals surface area contributed by atoms with E-state index in [1.807, 2.05) is 0 Å². The Morgan fingerprint density at radius 2 is 0.900 bits per heavy atom. The zero-order chi connectivity index (χ0) is 16.0. The predicted octanol–water partition coefficient (Wildman–Crippen LogP) is 1.04. The quantitative estimate of drug-likeness (QED) is 0.298. The lowest BCUT2D eigenvalue weighted by molar-refractivity contribution is -0.163. The Labute approximate surface area is 134 Å². The van der Waals surface area contributed by atoms with E-state index in [0.717, 1.165) is 0 Å². The number of alkyl halides is 4. The molecule has 0 saturated carbocycles. The van der Waals surface area contributed by atoms with Gasteiger partial charge in [0.1, 0.15) is 23.5 Å². The molecule has 0 aromatic rings. The molecule has 0 aliphatic heterocycles. The van der Waals surface area contributed by atoms with Crippen molar-refractivity contribution in [3.05, 3.63) is 0 Å². The highest BCUT2D eigenvalue weighted by Gasteiger charge is 2.05. The molecule has 0 aromatic carbocycles. The maximum Gasteiger partial charge on any atom is 0.328 e. The molecule has 0 aromatic heterocycles. The number of halogens is 4. The molecule has 0 saturated heterocycles. The molecule has 11 heteroatoms. The van der Waals surface area contributed by atoms with Crippen LogP contribution in [0.1, 0.15) is 0 Å². The summed E-state index contributed by atoms with van der Waals surface area (Å²) in [6.45, 7) is -0.433. The van der Waals surface area contributed by atoms with Gasteiger partial charge in [0, 0.05) is 0 Å². The monoisotopic (exact) mass is 370 g/mol. The van der Waals surface area contributed by atoms with Gasteiger partial charge in [0.25, 0.3) is 0 Å². The minimum Gasteiger partial charge on any atom is -0.427 e. The van der Waals surface area contributed by atoms with Crippen molar-refractivity contribution in [2.75, 3.05) is 30.3 Å². The third-order valence-electron chi connectivity index (χ3n) is 1.10. The number of ether oxygens (including phenoxy) is 3. The molecule has 0 spiro atoms. The van der Waals surface area contributed by atoms with Crippen molar-refractivity contribution in [2.24, 2.45) is 0 Å². The topological polar surface area (TPSA) is 96.0 Å². The number of hydrogen-bond donors (Lipinski definition) is 0. The Morgan fingerprint density at radius 3 is 1.15 bits per heavy atom. The minimum absolute atomic E-state index is 0.265. The van der Waals surface area contributed by atoms with Crippen molar-refractivity contribution in [1.29, 1.82) is 0 Å². The summed E-state index contributed by atoms with van der Waals surface area (Å²) in [5.41, 5.74) is 0. The number of carbonyl (C=O) groups excluding carboxylic acids is 4. The summed E-state index contributed by atoms with van der Waals surface area (Å²) < 4.78 is 12.6. The van der Waals surface area contributed by atoms with Crippen molar-refractivity contribution >= 4 is 70.3 Å². The van der Waals surface area contributed by atoms with E-state index in [-0.39, 0.29) is 23.5 Å². The van der Waals surface area contributed by atoms with Gasteiger partial charge in [-0.1, -0.05) is 0 Å². The van der Waals surface area contributed by atoms with E-state index in [1.165, 1.54) is 0 Å². The highest BCUT2D eigenvalue weighted by Crippen LogP contribution is 1.87. The highest BCUT2D eigenvalue weighted by atomic mass is 35.5. The van der Waals surface area contributed by atoms with Crippen LogP contribution in [-0.2, 0) is 33.4 Å². The Kier molecular flexibility index (Phi) is 15.8. The average molecular weight is 372 g/mol. The molecule has 7 nitrogen and oxygen atoms in total. The summed E-state index contributed by atoms with van der Waals surface area (Å²) in [5.74, 6) is -4.03. The van der Waals surface area contributed by atoms with Crippen LogP contribution in [0.15, 0.2) is 0 Å². The lowest BCUT2D eigenvalue weighted by atomic mass is 10.7. The molecule has 0 bridgehead atoms. The zero-order valence-electron chi connectivity index (χ0n) is 9.91. The number of hydrogen-bond acceptors (Lipinski definition) is 7. The van der Waals surface area contributed by atoms with Crippen LogP contribution in [0, 0.1) is 0 Å². The SMILES string of the molecule is O=C(CCl)OC(=O)CCl.O=C(CCl)OCOC(=O)CCl. The largest absolute Gasteiger partial charge is 0.427 e. The third kappa shape index (κ3) is 15.3. The Hall–Kier alpha value is -0.760. The Morgan fingerprint density at radius 1 is 0.600 bits per heavy atom. The molecular formula is C9H10Cl4O7. The molecule has 116 valence electrons. The molecular weight excluding hydrogens is 362 g/mol. The van der Waals surface area contributed by atoms with E-state index in [4.69, 9.17) is 46.4 Å². The Bertz CT molecular complexity index is 304. The summed E-state index contributed by atoms with van der Waals surface area (Å²) >= 11 is 20.1. The van der Waals surface area contributed by atoms with E-state index in [0.29, 0.717) is 0 Å². The minimum atomic E-state index is -0.776. The highest BCUT2D eigenvalue weighted by molar-refractivity contribution is 6.29. The fourth-order valence-electron chi connectivity index (χ4n) is 0.420. The molecule has 0 radical (unpaired) electrons. The first kappa shape index (κ1) is 21.5. The summed E-state index contributed by atoms with van der Waals surface area (Å²) in [6.07, 6.45) is 0. The van der Waals surface area contributed by atoms with Gasteiger partial charge in [0.05, 0.1) is 0 Å². The van der Waals surface area contributed by atoms with Crippen LogP contribution >= 0.6 is 46.4 Å². The van der Waals surface area contributed by atoms with Crippen LogP contribution in [0.3, 0.4) is 0 Å². The second-order valence-corrected chi connectivity index (χ2v) is 3.60. The van der Waals surface area contributed by atoms with Crippen LogP contribution < -0.4 is 0 Å². The van der Waals surface area contributed by atoms with Crippen molar-refractivity contribution < 1.29 is 33.4 Å². The van der Waals surface area contributed by atoms with Crippen LogP contribution in [0.2, 0.25) is 0 Å². The molecule has 0 amide bonds. The van der Waals surface area contributed by atoms with Crippen molar-refractivity contribution in [1.82, 2.24) is 0 Å². The van der Waals surface area contributed by atoms with Gasteiger partial charge >= 0.3 is 23.9 Å². The normalized spacial score (nSPS) is 8.80. The van der Waals surface area contributed by atoms with E-state index in [2.05, 4.69) is 14.2 Å². The molecule has 0 unspecified atom stereocenters.